The van der Waals surface area contributed by atoms with Crippen LogP contribution in [-0.4, -0.2) is 24.6 Å². The number of nitrogens with zero attached hydrogens (tertiary/aromatic N) is 2. The molecular weight excluding hydrogens is 254 g/mol. The summed E-state index contributed by atoms with van der Waals surface area (Å²) >= 11 is 3.52. The number of hydrogen-bond acceptors (Lipinski definition) is 3. The van der Waals surface area contributed by atoms with E-state index in [1.807, 2.05) is 18.3 Å². The third-order valence-corrected chi connectivity index (χ3v) is 3.60. The molecule has 3 nitrogen and oxygen atoms in total. The Morgan fingerprint density at radius 3 is 2.93 bits per heavy atom. The van der Waals surface area contributed by atoms with E-state index in [0.29, 0.717) is 12.6 Å². The Morgan fingerprint density at radius 1 is 1.67 bits per heavy atom. The van der Waals surface area contributed by atoms with Gasteiger partial charge in [-0.15, -0.1) is 0 Å². The molecule has 0 aromatic carbocycles. The summed E-state index contributed by atoms with van der Waals surface area (Å²) in [6.45, 7) is 0.699. The highest BCUT2D eigenvalue weighted by atomic mass is 79.9. The summed E-state index contributed by atoms with van der Waals surface area (Å²) in [5, 5.41) is 0. The van der Waals surface area contributed by atoms with Gasteiger partial charge in [-0.1, -0.05) is 0 Å². The van der Waals surface area contributed by atoms with E-state index in [4.69, 9.17) is 5.73 Å². The fourth-order valence-corrected chi connectivity index (χ4v) is 2.48. The number of halogens is 1. The molecule has 1 aromatic rings. The molecule has 1 aromatic heterocycles. The zero-order valence-electron chi connectivity index (χ0n) is 8.86. The van der Waals surface area contributed by atoms with Crippen molar-refractivity contribution in [2.24, 2.45) is 11.7 Å². The van der Waals surface area contributed by atoms with Crippen molar-refractivity contribution in [1.29, 1.82) is 0 Å². The predicted molar refractivity (Wildman–Crippen MR) is 65.9 cm³/mol. The smallest absolute Gasteiger partial charge is 0.142 e. The monoisotopic (exact) mass is 269 g/mol. The van der Waals surface area contributed by atoms with Crippen molar-refractivity contribution in [1.82, 2.24) is 4.98 Å². The first-order valence-corrected chi connectivity index (χ1v) is 6.06. The van der Waals surface area contributed by atoms with Gasteiger partial charge >= 0.3 is 0 Å². The molecule has 1 aliphatic carbocycles. The van der Waals surface area contributed by atoms with Crippen molar-refractivity contribution < 1.29 is 0 Å². The summed E-state index contributed by atoms with van der Waals surface area (Å²) in [5.41, 5.74) is 5.82. The molecule has 0 aliphatic heterocycles. The number of aromatic nitrogens is 1. The molecule has 1 fully saturated rings. The van der Waals surface area contributed by atoms with Crippen LogP contribution in [0.3, 0.4) is 0 Å². The van der Waals surface area contributed by atoms with Crippen LogP contribution in [0.2, 0.25) is 0 Å². The van der Waals surface area contributed by atoms with Gasteiger partial charge in [-0.25, -0.2) is 4.98 Å². The molecule has 4 heteroatoms. The Hall–Kier alpha value is -0.610. The van der Waals surface area contributed by atoms with Gasteiger partial charge in [0.05, 0.1) is 4.47 Å². The van der Waals surface area contributed by atoms with E-state index in [-0.39, 0.29) is 0 Å². The van der Waals surface area contributed by atoms with E-state index in [0.717, 1.165) is 16.2 Å². The molecular formula is C11H16BrN3. The van der Waals surface area contributed by atoms with Gasteiger partial charge in [0.2, 0.25) is 0 Å². The largest absolute Gasteiger partial charge is 0.354 e. The van der Waals surface area contributed by atoms with Gasteiger partial charge in [-0.2, -0.15) is 0 Å². The highest BCUT2D eigenvalue weighted by molar-refractivity contribution is 9.10. The minimum atomic E-state index is 0.427. The van der Waals surface area contributed by atoms with Crippen LogP contribution < -0.4 is 10.6 Å². The van der Waals surface area contributed by atoms with E-state index < -0.39 is 0 Å². The van der Waals surface area contributed by atoms with Crippen molar-refractivity contribution in [3.63, 3.8) is 0 Å². The lowest BCUT2D eigenvalue weighted by Crippen LogP contribution is -2.40. The van der Waals surface area contributed by atoms with E-state index >= 15 is 0 Å². The fourth-order valence-electron chi connectivity index (χ4n) is 1.94. The average Bonchev–Trinajstić information content (AvgIpc) is 3.03. The van der Waals surface area contributed by atoms with E-state index in [9.17, 15) is 0 Å². The third kappa shape index (κ3) is 2.32. The number of pyridine rings is 1. The summed E-state index contributed by atoms with van der Waals surface area (Å²) in [7, 11) is 2.07. The minimum absolute atomic E-state index is 0.427. The normalized spacial score (nSPS) is 17.5. The molecule has 1 atom stereocenters. The van der Waals surface area contributed by atoms with Crippen molar-refractivity contribution in [3.05, 3.63) is 22.8 Å². The van der Waals surface area contributed by atoms with Crippen LogP contribution in [0.15, 0.2) is 22.8 Å². The van der Waals surface area contributed by atoms with Crippen LogP contribution in [-0.2, 0) is 0 Å². The van der Waals surface area contributed by atoms with Crippen molar-refractivity contribution in [2.45, 2.75) is 18.9 Å². The summed E-state index contributed by atoms with van der Waals surface area (Å²) in [5.74, 6) is 1.74. The van der Waals surface area contributed by atoms with Crippen molar-refractivity contribution >= 4 is 21.7 Å². The predicted octanol–water partition coefficient (Wildman–Crippen LogP) is 2.02. The Kier molecular flexibility index (Phi) is 3.26. The zero-order chi connectivity index (χ0) is 10.8. The van der Waals surface area contributed by atoms with Crippen LogP contribution in [0.1, 0.15) is 12.8 Å². The SMILES string of the molecule is CN(c1ncccc1Br)C(CN)C1CC1. The van der Waals surface area contributed by atoms with E-state index in [1.165, 1.54) is 12.8 Å². The Labute approximate surface area is 98.8 Å². The second-order valence-electron chi connectivity index (χ2n) is 4.06. The highest BCUT2D eigenvalue weighted by Gasteiger charge is 2.33. The molecule has 2 rings (SSSR count). The quantitative estimate of drug-likeness (QED) is 0.910. The average molecular weight is 270 g/mol. The van der Waals surface area contributed by atoms with Gasteiger partial charge in [-0.3, -0.25) is 0 Å². The molecule has 15 heavy (non-hydrogen) atoms. The Balaban J connectivity index is 2.18. The van der Waals surface area contributed by atoms with Crippen LogP contribution >= 0.6 is 15.9 Å². The highest BCUT2D eigenvalue weighted by Crippen LogP contribution is 2.36. The summed E-state index contributed by atoms with van der Waals surface area (Å²) in [6, 6.07) is 4.37. The van der Waals surface area contributed by atoms with Crippen LogP contribution in [0.5, 0.6) is 0 Å². The molecule has 0 saturated heterocycles. The van der Waals surface area contributed by atoms with Crippen molar-refractivity contribution in [3.8, 4) is 0 Å². The topological polar surface area (TPSA) is 42.2 Å². The van der Waals surface area contributed by atoms with Gasteiger partial charge in [0, 0.05) is 25.8 Å². The number of nitrogens with two attached hydrogens (primary N) is 1. The molecule has 0 spiro atoms. The van der Waals surface area contributed by atoms with Crippen LogP contribution in [0.25, 0.3) is 0 Å². The molecule has 82 valence electrons. The maximum absolute atomic E-state index is 5.82. The van der Waals surface area contributed by atoms with Gasteiger partial charge in [0.25, 0.3) is 0 Å². The van der Waals surface area contributed by atoms with Crippen LogP contribution in [0.4, 0.5) is 5.82 Å². The maximum Gasteiger partial charge on any atom is 0.142 e. The summed E-state index contributed by atoms with van der Waals surface area (Å²) in [4.78, 5) is 6.58. The Bertz CT molecular complexity index is 338. The molecule has 2 N–H and O–H groups in total. The molecule has 0 bridgehead atoms. The number of likely N-dealkylation sites (N-methyl/N-ethyl adjacent to an activating group) is 1. The second kappa shape index (κ2) is 4.49. The van der Waals surface area contributed by atoms with Crippen molar-refractivity contribution in [2.75, 3.05) is 18.5 Å². The van der Waals surface area contributed by atoms with Gasteiger partial charge < -0.3 is 10.6 Å². The van der Waals surface area contributed by atoms with E-state index in [1.54, 1.807) is 0 Å². The summed E-state index contributed by atoms with van der Waals surface area (Å²) < 4.78 is 1.03. The van der Waals surface area contributed by atoms with Gasteiger partial charge in [-0.05, 0) is 46.8 Å². The molecule has 1 aliphatic rings. The zero-order valence-corrected chi connectivity index (χ0v) is 10.4. The lowest BCUT2D eigenvalue weighted by molar-refractivity contribution is 0.565. The first-order chi connectivity index (χ1) is 7.24. The lowest BCUT2D eigenvalue weighted by Gasteiger charge is -2.28. The van der Waals surface area contributed by atoms with Gasteiger partial charge in [0.15, 0.2) is 0 Å². The Morgan fingerprint density at radius 2 is 2.40 bits per heavy atom. The number of anilines is 1. The lowest BCUT2D eigenvalue weighted by atomic mass is 10.1. The number of hydrogen-bond donors (Lipinski definition) is 1. The summed E-state index contributed by atoms with van der Waals surface area (Å²) in [6.07, 6.45) is 4.42. The molecule has 1 heterocycles. The molecule has 0 radical (unpaired) electrons. The number of rotatable bonds is 4. The molecule has 1 saturated carbocycles. The molecule has 1 unspecified atom stereocenters. The first kappa shape index (κ1) is 10.9. The van der Waals surface area contributed by atoms with Crippen LogP contribution in [0, 0.1) is 5.92 Å². The maximum atomic E-state index is 5.82. The third-order valence-electron chi connectivity index (χ3n) is 2.98. The standard InChI is InChI=1S/C11H16BrN3/c1-15(10(7-13)8-4-5-8)11-9(12)3-2-6-14-11/h2-3,6,8,10H,4-5,7,13H2,1H3. The second-order valence-corrected chi connectivity index (χ2v) is 4.91. The molecule has 0 amide bonds. The fraction of sp³-hybridized carbons (Fsp3) is 0.545. The first-order valence-electron chi connectivity index (χ1n) is 5.27. The minimum Gasteiger partial charge on any atom is -0.354 e. The van der Waals surface area contributed by atoms with E-state index in [2.05, 4.69) is 32.9 Å². The van der Waals surface area contributed by atoms with Gasteiger partial charge in [0.1, 0.15) is 5.82 Å².